The molecule has 3 aromatic rings. The van der Waals surface area contributed by atoms with Gasteiger partial charge < -0.3 is 19.4 Å². The number of aryl methyl sites for hydroxylation is 1. The van der Waals surface area contributed by atoms with Gasteiger partial charge >= 0.3 is 0 Å². The molecule has 0 spiro atoms. The number of hydrogen-bond donors (Lipinski definition) is 0. The highest BCUT2D eigenvalue weighted by Crippen LogP contribution is 2.30. The van der Waals surface area contributed by atoms with Crippen LogP contribution in [0.15, 0.2) is 60.7 Å². The van der Waals surface area contributed by atoms with Crippen LogP contribution in [0.2, 0.25) is 0 Å². The summed E-state index contributed by atoms with van der Waals surface area (Å²) < 4.78 is 7.84. The Morgan fingerprint density at radius 1 is 0.971 bits per heavy atom. The molecule has 0 atom stereocenters. The second kappa shape index (κ2) is 11.9. The van der Waals surface area contributed by atoms with Crippen LogP contribution in [0.1, 0.15) is 31.5 Å². The molecule has 2 aromatic carbocycles. The number of aromatic nitrogens is 2. The van der Waals surface area contributed by atoms with Gasteiger partial charge in [-0.1, -0.05) is 50.2 Å². The minimum absolute atomic E-state index is 0.00989. The van der Waals surface area contributed by atoms with E-state index in [-0.39, 0.29) is 12.5 Å². The standard InChI is InChI=1S/C28H37N5O2/c1-4-16-32(27(34)22-35-25-14-10-7-11-15-25)21-26-23(3)29-33(24-12-8-6-9-13-24)28(26)31-19-17-30(5-2)18-20-31/h6-15H,4-5,16-22H2,1-3H3. The predicted molar refractivity (Wildman–Crippen MR) is 140 cm³/mol. The van der Waals surface area contributed by atoms with Crippen LogP contribution in [0.5, 0.6) is 5.75 Å². The van der Waals surface area contributed by atoms with Gasteiger partial charge in [0.25, 0.3) is 5.91 Å². The Bertz CT molecular complexity index is 1080. The van der Waals surface area contributed by atoms with E-state index < -0.39 is 0 Å². The van der Waals surface area contributed by atoms with Gasteiger partial charge in [0.2, 0.25) is 0 Å². The van der Waals surface area contributed by atoms with E-state index in [0.717, 1.165) is 61.9 Å². The second-order valence-electron chi connectivity index (χ2n) is 8.97. The number of rotatable bonds is 10. The van der Waals surface area contributed by atoms with Gasteiger partial charge in [-0.3, -0.25) is 4.79 Å². The van der Waals surface area contributed by atoms with Gasteiger partial charge in [0.15, 0.2) is 6.61 Å². The van der Waals surface area contributed by atoms with Crippen LogP contribution in [0.25, 0.3) is 5.69 Å². The van der Waals surface area contributed by atoms with Crippen molar-refractivity contribution in [1.82, 2.24) is 19.6 Å². The monoisotopic (exact) mass is 475 g/mol. The Hall–Kier alpha value is -3.32. The Kier molecular flexibility index (Phi) is 8.42. The zero-order chi connectivity index (χ0) is 24.6. The quantitative estimate of drug-likeness (QED) is 0.441. The maximum atomic E-state index is 13.2. The van der Waals surface area contributed by atoms with E-state index in [0.29, 0.717) is 18.8 Å². The summed E-state index contributed by atoms with van der Waals surface area (Å²) in [6, 6.07) is 19.8. The molecule has 0 saturated carbocycles. The van der Waals surface area contributed by atoms with Crippen molar-refractivity contribution in [1.29, 1.82) is 0 Å². The van der Waals surface area contributed by atoms with Crippen LogP contribution in [-0.4, -0.2) is 71.4 Å². The van der Waals surface area contributed by atoms with Crippen LogP contribution in [0.4, 0.5) is 5.82 Å². The number of benzene rings is 2. The number of nitrogens with zero attached hydrogens (tertiary/aromatic N) is 5. The van der Waals surface area contributed by atoms with Gasteiger partial charge in [-0.2, -0.15) is 5.10 Å². The molecule has 35 heavy (non-hydrogen) atoms. The Morgan fingerprint density at radius 2 is 1.63 bits per heavy atom. The first-order chi connectivity index (χ1) is 17.1. The maximum absolute atomic E-state index is 13.2. The van der Waals surface area contributed by atoms with Crippen LogP contribution in [-0.2, 0) is 11.3 Å². The zero-order valence-corrected chi connectivity index (χ0v) is 21.2. The normalized spacial score (nSPS) is 14.2. The number of carbonyl (C=O) groups is 1. The fourth-order valence-corrected chi connectivity index (χ4v) is 4.59. The summed E-state index contributed by atoms with van der Waals surface area (Å²) in [6.07, 6.45) is 0.882. The second-order valence-corrected chi connectivity index (χ2v) is 8.97. The highest BCUT2D eigenvalue weighted by Gasteiger charge is 2.27. The maximum Gasteiger partial charge on any atom is 0.260 e. The van der Waals surface area contributed by atoms with Crippen molar-refractivity contribution in [3.05, 3.63) is 71.9 Å². The largest absolute Gasteiger partial charge is 0.484 e. The number of likely N-dealkylation sites (N-methyl/N-ethyl adjacent to an activating group) is 1. The van der Waals surface area contributed by atoms with E-state index in [9.17, 15) is 4.79 Å². The smallest absolute Gasteiger partial charge is 0.260 e. The number of para-hydroxylation sites is 2. The van der Waals surface area contributed by atoms with Gasteiger partial charge in [0.05, 0.1) is 17.9 Å². The average molecular weight is 476 g/mol. The molecule has 1 saturated heterocycles. The van der Waals surface area contributed by atoms with E-state index in [1.165, 1.54) is 0 Å². The highest BCUT2D eigenvalue weighted by molar-refractivity contribution is 5.78. The molecule has 0 radical (unpaired) electrons. The first-order valence-electron chi connectivity index (χ1n) is 12.7. The predicted octanol–water partition coefficient (Wildman–Crippen LogP) is 4.14. The van der Waals surface area contributed by atoms with E-state index in [1.54, 1.807) is 0 Å². The number of hydrogen-bond acceptors (Lipinski definition) is 5. The van der Waals surface area contributed by atoms with Gasteiger partial charge in [0.1, 0.15) is 11.6 Å². The lowest BCUT2D eigenvalue weighted by atomic mass is 10.1. The summed E-state index contributed by atoms with van der Waals surface area (Å²) in [5.41, 5.74) is 3.11. The molecule has 0 N–H and O–H groups in total. The van der Waals surface area contributed by atoms with E-state index in [2.05, 4.69) is 47.4 Å². The highest BCUT2D eigenvalue weighted by atomic mass is 16.5. The number of ether oxygens (including phenoxy) is 1. The first-order valence-corrected chi connectivity index (χ1v) is 12.7. The lowest BCUT2D eigenvalue weighted by molar-refractivity contribution is -0.134. The number of amides is 1. The van der Waals surface area contributed by atoms with Crippen molar-refractivity contribution in [2.75, 3.05) is 50.8 Å². The van der Waals surface area contributed by atoms with Crippen molar-refractivity contribution in [2.45, 2.75) is 33.7 Å². The molecule has 0 unspecified atom stereocenters. The third kappa shape index (κ3) is 6.03. The first kappa shape index (κ1) is 24.8. The van der Waals surface area contributed by atoms with E-state index in [1.807, 2.05) is 53.4 Å². The zero-order valence-electron chi connectivity index (χ0n) is 21.2. The van der Waals surface area contributed by atoms with E-state index in [4.69, 9.17) is 9.84 Å². The average Bonchev–Trinajstić information content (AvgIpc) is 3.23. The molecular weight excluding hydrogens is 438 g/mol. The molecule has 1 aliphatic rings. The third-order valence-corrected chi connectivity index (χ3v) is 6.58. The Balaban J connectivity index is 1.61. The number of carbonyl (C=O) groups excluding carboxylic acids is 1. The fourth-order valence-electron chi connectivity index (χ4n) is 4.59. The summed E-state index contributed by atoms with van der Waals surface area (Å²) >= 11 is 0. The Labute approximate surface area is 208 Å². The number of anilines is 1. The molecule has 4 rings (SSSR count). The SMILES string of the molecule is CCCN(Cc1c(C)nn(-c2ccccc2)c1N1CCN(CC)CC1)C(=O)COc1ccccc1. The number of piperazine rings is 1. The topological polar surface area (TPSA) is 53.8 Å². The van der Waals surface area contributed by atoms with Gasteiger partial charge in [0, 0.05) is 38.3 Å². The van der Waals surface area contributed by atoms with Crippen LogP contribution in [0.3, 0.4) is 0 Å². The van der Waals surface area contributed by atoms with Crippen LogP contribution < -0.4 is 9.64 Å². The summed E-state index contributed by atoms with van der Waals surface area (Å²) in [6.45, 7) is 12.6. The van der Waals surface area contributed by atoms with Crippen molar-refractivity contribution in [3.63, 3.8) is 0 Å². The molecule has 186 valence electrons. The minimum Gasteiger partial charge on any atom is -0.484 e. The van der Waals surface area contributed by atoms with Crippen molar-refractivity contribution in [2.24, 2.45) is 0 Å². The van der Waals surface area contributed by atoms with Crippen molar-refractivity contribution >= 4 is 11.7 Å². The summed E-state index contributed by atoms with van der Waals surface area (Å²) in [7, 11) is 0. The fraction of sp³-hybridized carbons (Fsp3) is 0.429. The Morgan fingerprint density at radius 3 is 2.26 bits per heavy atom. The minimum atomic E-state index is -0.00989. The van der Waals surface area contributed by atoms with Gasteiger partial charge in [-0.15, -0.1) is 0 Å². The van der Waals surface area contributed by atoms with E-state index >= 15 is 0 Å². The van der Waals surface area contributed by atoms with Gasteiger partial charge in [-0.05, 0) is 44.2 Å². The summed E-state index contributed by atoms with van der Waals surface area (Å²) in [5, 5.41) is 4.95. The van der Waals surface area contributed by atoms with Crippen LogP contribution in [0, 0.1) is 6.92 Å². The van der Waals surface area contributed by atoms with Crippen molar-refractivity contribution in [3.8, 4) is 11.4 Å². The molecule has 7 heteroatoms. The molecule has 1 amide bonds. The molecule has 7 nitrogen and oxygen atoms in total. The summed E-state index contributed by atoms with van der Waals surface area (Å²) in [5.74, 6) is 1.80. The molecule has 1 aliphatic heterocycles. The lowest BCUT2D eigenvalue weighted by Gasteiger charge is -2.36. The van der Waals surface area contributed by atoms with Crippen LogP contribution >= 0.6 is 0 Å². The third-order valence-electron chi connectivity index (χ3n) is 6.58. The summed E-state index contributed by atoms with van der Waals surface area (Å²) in [4.78, 5) is 20.0. The lowest BCUT2D eigenvalue weighted by Crippen LogP contribution is -2.47. The molecule has 2 heterocycles. The van der Waals surface area contributed by atoms with Crippen molar-refractivity contribution < 1.29 is 9.53 Å². The molecular formula is C28H37N5O2. The van der Waals surface area contributed by atoms with Gasteiger partial charge in [-0.25, -0.2) is 4.68 Å². The molecule has 0 aliphatic carbocycles. The molecule has 1 aromatic heterocycles. The molecule has 0 bridgehead atoms. The molecule has 1 fully saturated rings.